The predicted octanol–water partition coefficient (Wildman–Crippen LogP) is 7.98. The Kier molecular flexibility index (Phi) is 8.38. The third kappa shape index (κ3) is 6.31. The summed E-state index contributed by atoms with van der Waals surface area (Å²) in [6, 6.07) is 3.80. The Morgan fingerprint density at radius 3 is 2.02 bits per heavy atom. The lowest BCUT2D eigenvalue weighted by Crippen LogP contribution is -2.50. The van der Waals surface area contributed by atoms with Gasteiger partial charge in [-0.1, -0.05) is 12.1 Å². The highest BCUT2D eigenvalue weighted by molar-refractivity contribution is 6.08. The van der Waals surface area contributed by atoms with Crippen LogP contribution in [-0.2, 0) is 11.8 Å². The first kappa shape index (κ1) is 32.6. The molecule has 0 radical (unpaired) electrons. The van der Waals surface area contributed by atoms with Crippen molar-refractivity contribution in [3.05, 3.63) is 88.7 Å². The van der Waals surface area contributed by atoms with Gasteiger partial charge in [-0.05, 0) is 55.2 Å². The third-order valence-electron chi connectivity index (χ3n) is 6.62. The topological polar surface area (TPSA) is 62.3 Å². The molecule has 3 aromatic rings. The van der Waals surface area contributed by atoms with Gasteiger partial charge in [0.1, 0.15) is 0 Å². The molecule has 1 fully saturated rings. The fourth-order valence-corrected chi connectivity index (χ4v) is 4.19. The van der Waals surface area contributed by atoms with Gasteiger partial charge in [0.15, 0.2) is 5.82 Å². The van der Waals surface area contributed by atoms with Gasteiger partial charge in [0.2, 0.25) is 5.95 Å². The van der Waals surface area contributed by atoms with E-state index in [2.05, 4.69) is 4.98 Å². The highest BCUT2D eigenvalue weighted by atomic mass is 19.4. The zero-order valence-electron chi connectivity index (χ0n) is 21.6. The Balaban J connectivity index is 1.72. The molecule has 1 aromatic heterocycles. The number of halogens is 12. The van der Waals surface area contributed by atoms with Crippen LogP contribution in [-0.4, -0.2) is 35.7 Å². The first-order chi connectivity index (χ1) is 20.3. The lowest BCUT2D eigenvalue weighted by molar-refractivity contribution is -0.348. The molecular formula is C27H17F12N3O2. The number of aromatic nitrogens is 1. The number of amides is 2. The Morgan fingerprint density at radius 1 is 0.864 bits per heavy atom. The normalized spacial score (nSPS) is 14.4. The number of nitrogens with zero attached hydrogens (tertiary/aromatic N) is 2. The number of carbonyl (C=O) groups is 2. The number of benzene rings is 2. The Bertz CT molecular complexity index is 1550. The van der Waals surface area contributed by atoms with Crippen LogP contribution >= 0.6 is 0 Å². The van der Waals surface area contributed by atoms with Crippen LogP contribution in [0, 0.1) is 17.7 Å². The largest absolute Gasteiger partial charge is 0.435 e. The Morgan fingerprint density at radius 2 is 1.50 bits per heavy atom. The van der Waals surface area contributed by atoms with Crippen LogP contribution in [0.5, 0.6) is 0 Å². The minimum absolute atomic E-state index is 0.0337. The number of anilines is 2. The zero-order valence-corrected chi connectivity index (χ0v) is 21.6. The molecule has 0 spiro atoms. The summed E-state index contributed by atoms with van der Waals surface area (Å²) in [4.78, 5) is 30.3. The van der Waals surface area contributed by atoms with Gasteiger partial charge in [0.25, 0.3) is 11.8 Å². The van der Waals surface area contributed by atoms with Gasteiger partial charge >= 0.3 is 24.2 Å². The molecule has 0 bridgehead atoms. The van der Waals surface area contributed by atoms with Crippen LogP contribution in [0.4, 0.5) is 64.1 Å². The second-order valence-electron chi connectivity index (χ2n) is 9.73. The van der Waals surface area contributed by atoms with Gasteiger partial charge in [-0.3, -0.25) is 9.59 Å². The highest BCUT2D eigenvalue weighted by Gasteiger charge is 2.73. The molecule has 0 aliphatic heterocycles. The van der Waals surface area contributed by atoms with Crippen molar-refractivity contribution in [2.75, 3.05) is 16.8 Å². The first-order valence-corrected chi connectivity index (χ1v) is 12.3. The number of hydrogen-bond donors (Lipinski definition) is 1. The molecule has 236 valence electrons. The average Bonchev–Trinajstić information content (AvgIpc) is 3.74. The van der Waals surface area contributed by atoms with Gasteiger partial charge in [-0.15, -0.1) is 0 Å². The zero-order chi connectivity index (χ0) is 32.8. The molecule has 1 aliphatic rings. The summed E-state index contributed by atoms with van der Waals surface area (Å²) >= 11 is 0. The molecule has 0 atom stereocenters. The van der Waals surface area contributed by atoms with Crippen LogP contribution in [0.2, 0.25) is 0 Å². The molecule has 17 heteroatoms. The van der Waals surface area contributed by atoms with Crippen molar-refractivity contribution in [3.8, 4) is 0 Å². The van der Waals surface area contributed by atoms with Gasteiger partial charge in [-0.2, -0.15) is 43.9 Å². The van der Waals surface area contributed by atoms with E-state index in [9.17, 15) is 57.9 Å². The van der Waals surface area contributed by atoms with Crippen molar-refractivity contribution in [3.63, 3.8) is 0 Å². The van der Waals surface area contributed by atoms with E-state index in [-0.39, 0.29) is 30.2 Å². The van der Waals surface area contributed by atoms with Crippen molar-refractivity contribution in [1.82, 2.24) is 4.98 Å². The smallest absolute Gasteiger partial charge is 0.321 e. The fraction of sp³-hybridized carbons (Fsp3) is 0.296. The summed E-state index contributed by atoms with van der Waals surface area (Å²) in [5.74, 6) is -4.91. The van der Waals surface area contributed by atoms with Crippen LogP contribution in [0.3, 0.4) is 0 Å². The summed E-state index contributed by atoms with van der Waals surface area (Å²) in [5.41, 5.74) is -14.0. The van der Waals surface area contributed by atoms with E-state index in [0.717, 1.165) is 41.4 Å². The second-order valence-corrected chi connectivity index (χ2v) is 9.73. The number of nitrogens with one attached hydrogen (secondary N) is 1. The van der Waals surface area contributed by atoms with Crippen molar-refractivity contribution < 1.29 is 62.3 Å². The SMILES string of the molecule is O=C(Nc1ccc(C(F)(C(F)(F)F)C(F)(F)F)cc1C(F)(F)F)c1cccc(N(CC2CC2)C(=O)c2ccc(F)nc2)c1F. The molecule has 1 saturated carbocycles. The van der Waals surface area contributed by atoms with Crippen molar-refractivity contribution in [2.24, 2.45) is 5.92 Å². The van der Waals surface area contributed by atoms with E-state index in [1.54, 1.807) is 5.32 Å². The molecule has 1 aliphatic carbocycles. The standard InChI is InChI=1S/C27H17F12N3O2/c28-20-9-6-14(11-40-20)23(44)42(12-13-4-5-13)19-3-1-2-16(21(19)29)22(43)41-18-8-7-15(10-17(18)25(31,32)33)24(30,26(34,35)36)27(37,38)39/h1-3,6-11,13H,4-5,12H2,(H,41,43). The first-order valence-electron chi connectivity index (χ1n) is 12.3. The van der Waals surface area contributed by atoms with Crippen molar-refractivity contribution >= 4 is 23.2 Å². The molecule has 0 unspecified atom stereocenters. The number of rotatable bonds is 7. The molecule has 2 amide bonds. The fourth-order valence-electron chi connectivity index (χ4n) is 4.19. The second kappa shape index (κ2) is 11.3. The number of alkyl halides is 10. The van der Waals surface area contributed by atoms with E-state index < -0.39 is 81.9 Å². The maximum absolute atomic E-state index is 15.7. The van der Waals surface area contributed by atoms with E-state index >= 15 is 4.39 Å². The summed E-state index contributed by atoms with van der Waals surface area (Å²) in [6.07, 6.45) is -16.9. The minimum Gasteiger partial charge on any atom is -0.321 e. The van der Waals surface area contributed by atoms with Crippen LogP contribution < -0.4 is 10.2 Å². The molecule has 1 N–H and O–H groups in total. The van der Waals surface area contributed by atoms with Crippen LogP contribution in [0.15, 0.2) is 54.7 Å². The minimum atomic E-state index is -6.71. The van der Waals surface area contributed by atoms with E-state index in [0.29, 0.717) is 12.8 Å². The quantitative estimate of drug-likeness (QED) is 0.210. The highest BCUT2D eigenvalue weighted by Crippen LogP contribution is 2.54. The molecule has 2 aromatic carbocycles. The lowest BCUT2D eigenvalue weighted by atomic mass is 9.92. The van der Waals surface area contributed by atoms with Gasteiger partial charge in [-0.25, -0.2) is 13.8 Å². The molecule has 5 nitrogen and oxygen atoms in total. The van der Waals surface area contributed by atoms with Crippen LogP contribution in [0.1, 0.15) is 44.7 Å². The monoisotopic (exact) mass is 643 g/mol. The molecule has 0 saturated heterocycles. The van der Waals surface area contributed by atoms with Crippen molar-refractivity contribution in [1.29, 1.82) is 0 Å². The van der Waals surface area contributed by atoms with Gasteiger partial charge in [0.05, 0.1) is 28.1 Å². The van der Waals surface area contributed by atoms with Gasteiger partial charge in [0, 0.05) is 18.3 Å². The maximum Gasteiger partial charge on any atom is 0.435 e. The third-order valence-corrected chi connectivity index (χ3v) is 6.62. The Labute approximate surface area is 239 Å². The van der Waals surface area contributed by atoms with Crippen LogP contribution in [0.25, 0.3) is 0 Å². The number of carbonyl (C=O) groups excluding carboxylic acids is 2. The summed E-state index contributed by atoms with van der Waals surface area (Å²) < 4.78 is 163. The van der Waals surface area contributed by atoms with E-state index in [4.69, 9.17) is 0 Å². The summed E-state index contributed by atoms with van der Waals surface area (Å²) in [6.45, 7) is -0.0682. The number of pyridine rings is 1. The van der Waals surface area contributed by atoms with E-state index in [1.165, 1.54) is 0 Å². The predicted molar refractivity (Wildman–Crippen MR) is 129 cm³/mol. The molecular weight excluding hydrogens is 626 g/mol. The Hall–Kier alpha value is -4.31. The molecule has 44 heavy (non-hydrogen) atoms. The molecule has 1 heterocycles. The lowest BCUT2D eigenvalue weighted by Gasteiger charge is -2.31. The maximum atomic E-state index is 15.7. The van der Waals surface area contributed by atoms with Crippen molar-refractivity contribution in [2.45, 2.75) is 37.0 Å². The van der Waals surface area contributed by atoms with E-state index in [1.807, 2.05) is 0 Å². The average molecular weight is 643 g/mol. The van der Waals surface area contributed by atoms with Gasteiger partial charge < -0.3 is 10.2 Å². The number of hydrogen-bond acceptors (Lipinski definition) is 3. The summed E-state index contributed by atoms with van der Waals surface area (Å²) in [7, 11) is 0. The molecule has 4 rings (SSSR count). The summed E-state index contributed by atoms with van der Waals surface area (Å²) in [5, 5.41) is 1.58.